The molecule has 0 aliphatic heterocycles. The van der Waals surface area contributed by atoms with Crippen LogP contribution in [0.2, 0.25) is 0 Å². The second-order valence-corrected chi connectivity index (χ2v) is 4.68. The highest BCUT2D eigenvalue weighted by atomic mass is 16.5. The lowest BCUT2D eigenvalue weighted by atomic mass is 10.1. The number of rotatable bonds is 5. The SMILES string of the molecule is COC(=O)Cc1cc(C)cc(OCc2ccccc2)c1. The molecular weight excluding hydrogens is 252 g/mol. The van der Waals surface area contributed by atoms with Crippen LogP contribution in [0.5, 0.6) is 5.75 Å². The quantitative estimate of drug-likeness (QED) is 0.782. The Hall–Kier alpha value is -2.29. The summed E-state index contributed by atoms with van der Waals surface area (Å²) in [5.74, 6) is 0.525. The van der Waals surface area contributed by atoms with Crippen molar-refractivity contribution in [2.75, 3.05) is 7.11 Å². The lowest BCUT2D eigenvalue weighted by Crippen LogP contribution is -2.05. The van der Waals surface area contributed by atoms with E-state index in [0.29, 0.717) is 6.61 Å². The van der Waals surface area contributed by atoms with Crippen molar-refractivity contribution in [1.29, 1.82) is 0 Å². The number of benzene rings is 2. The predicted molar refractivity (Wildman–Crippen MR) is 77.7 cm³/mol. The van der Waals surface area contributed by atoms with E-state index in [1.165, 1.54) is 7.11 Å². The monoisotopic (exact) mass is 270 g/mol. The molecule has 104 valence electrons. The molecule has 0 heterocycles. The number of carbonyl (C=O) groups is 1. The summed E-state index contributed by atoms with van der Waals surface area (Å²) in [6.45, 7) is 2.50. The molecule has 0 bridgehead atoms. The summed E-state index contributed by atoms with van der Waals surface area (Å²) in [4.78, 5) is 11.3. The first-order valence-corrected chi connectivity index (χ1v) is 6.51. The van der Waals surface area contributed by atoms with Gasteiger partial charge in [-0.15, -0.1) is 0 Å². The van der Waals surface area contributed by atoms with Gasteiger partial charge in [0.05, 0.1) is 13.5 Å². The van der Waals surface area contributed by atoms with E-state index in [9.17, 15) is 4.79 Å². The van der Waals surface area contributed by atoms with E-state index in [4.69, 9.17) is 4.74 Å². The summed E-state index contributed by atoms with van der Waals surface area (Å²) >= 11 is 0. The average molecular weight is 270 g/mol. The number of hydrogen-bond acceptors (Lipinski definition) is 3. The zero-order valence-corrected chi connectivity index (χ0v) is 11.8. The number of methoxy groups -OCH3 is 1. The Labute approximate surface area is 119 Å². The summed E-state index contributed by atoms with van der Waals surface area (Å²) in [6, 6.07) is 15.8. The fraction of sp³-hybridized carbons (Fsp3) is 0.235. The third kappa shape index (κ3) is 4.12. The summed E-state index contributed by atoms with van der Waals surface area (Å²) in [6.07, 6.45) is 0.264. The van der Waals surface area contributed by atoms with Gasteiger partial charge in [-0.05, 0) is 35.7 Å². The molecule has 0 saturated heterocycles. The smallest absolute Gasteiger partial charge is 0.309 e. The van der Waals surface area contributed by atoms with E-state index in [-0.39, 0.29) is 12.4 Å². The van der Waals surface area contributed by atoms with Crippen LogP contribution in [0, 0.1) is 6.92 Å². The lowest BCUT2D eigenvalue weighted by molar-refractivity contribution is -0.139. The molecule has 2 aromatic rings. The Balaban J connectivity index is 2.06. The molecule has 3 heteroatoms. The molecule has 20 heavy (non-hydrogen) atoms. The van der Waals surface area contributed by atoms with Gasteiger partial charge in [0.1, 0.15) is 12.4 Å². The molecule has 0 saturated carbocycles. The van der Waals surface area contributed by atoms with Gasteiger partial charge in [0, 0.05) is 0 Å². The molecule has 0 aliphatic carbocycles. The Bertz CT molecular complexity index is 576. The molecule has 2 aromatic carbocycles. The largest absolute Gasteiger partial charge is 0.489 e. The minimum atomic E-state index is -0.246. The maximum Gasteiger partial charge on any atom is 0.309 e. The van der Waals surface area contributed by atoms with Gasteiger partial charge < -0.3 is 9.47 Å². The van der Waals surface area contributed by atoms with Crippen LogP contribution >= 0.6 is 0 Å². The van der Waals surface area contributed by atoms with Crippen molar-refractivity contribution >= 4 is 5.97 Å². The third-order valence-electron chi connectivity index (χ3n) is 2.94. The van der Waals surface area contributed by atoms with E-state index < -0.39 is 0 Å². The van der Waals surface area contributed by atoms with Gasteiger partial charge in [-0.1, -0.05) is 36.4 Å². The minimum absolute atomic E-state index is 0.246. The fourth-order valence-electron chi connectivity index (χ4n) is 1.99. The van der Waals surface area contributed by atoms with Gasteiger partial charge in [-0.2, -0.15) is 0 Å². The van der Waals surface area contributed by atoms with Crippen LogP contribution in [0.3, 0.4) is 0 Å². The molecule has 2 rings (SSSR count). The van der Waals surface area contributed by atoms with Crippen LogP contribution in [-0.2, 0) is 22.6 Å². The normalized spacial score (nSPS) is 10.1. The van der Waals surface area contributed by atoms with Gasteiger partial charge in [0.15, 0.2) is 0 Å². The molecule has 0 radical (unpaired) electrons. The van der Waals surface area contributed by atoms with Crippen molar-refractivity contribution < 1.29 is 14.3 Å². The van der Waals surface area contributed by atoms with E-state index in [0.717, 1.165) is 22.4 Å². The standard InChI is InChI=1S/C17H18O3/c1-13-8-15(11-17(18)19-2)10-16(9-13)20-12-14-6-4-3-5-7-14/h3-10H,11-12H2,1-2H3. The number of esters is 1. The Morgan fingerprint density at radius 3 is 2.50 bits per heavy atom. The second kappa shape index (κ2) is 6.75. The van der Waals surface area contributed by atoms with Crippen LogP contribution in [0.4, 0.5) is 0 Å². The average Bonchev–Trinajstić information content (AvgIpc) is 2.45. The molecule has 0 atom stereocenters. The van der Waals surface area contributed by atoms with E-state index in [2.05, 4.69) is 4.74 Å². The first-order chi connectivity index (χ1) is 9.67. The Morgan fingerprint density at radius 2 is 1.80 bits per heavy atom. The molecule has 0 aliphatic rings. The first kappa shape index (κ1) is 14.1. The van der Waals surface area contributed by atoms with Crippen LogP contribution < -0.4 is 4.74 Å². The zero-order chi connectivity index (χ0) is 14.4. The summed E-state index contributed by atoms with van der Waals surface area (Å²) < 4.78 is 10.5. The van der Waals surface area contributed by atoms with E-state index in [1.807, 2.05) is 55.5 Å². The molecule has 0 fully saturated rings. The van der Waals surface area contributed by atoms with Crippen molar-refractivity contribution in [3.8, 4) is 5.75 Å². The number of ether oxygens (including phenoxy) is 2. The second-order valence-electron chi connectivity index (χ2n) is 4.68. The van der Waals surface area contributed by atoms with Crippen molar-refractivity contribution in [1.82, 2.24) is 0 Å². The summed E-state index contributed by atoms with van der Waals surface area (Å²) in [7, 11) is 1.39. The van der Waals surface area contributed by atoms with Gasteiger partial charge >= 0.3 is 5.97 Å². The fourth-order valence-corrected chi connectivity index (χ4v) is 1.99. The molecule has 0 unspecified atom stereocenters. The van der Waals surface area contributed by atoms with Crippen molar-refractivity contribution in [3.63, 3.8) is 0 Å². The molecule has 0 spiro atoms. The van der Waals surface area contributed by atoms with Crippen molar-refractivity contribution in [2.45, 2.75) is 20.0 Å². The third-order valence-corrected chi connectivity index (χ3v) is 2.94. The van der Waals surface area contributed by atoms with Gasteiger partial charge in [0.2, 0.25) is 0 Å². The zero-order valence-electron chi connectivity index (χ0n) is 11.8. The van der Waals surface area contributed by atoms with Crippen molar-refractivity contribution in [3.05, 3.63) is 65.2 Å². The Kier molecular flexibility index (Phi) is 4.77. The van der Waals surface area contributed by atoms with Crippen LogP contribution in [0.1, 0.15) is 16.7 Å². The summed E-state index contributed by atoms with van der Waals surface area (Å²) in [5.41, 5.74) is 3.08. The maximum absolute atomic E-state index is 11.3. The highest BCUT2D eigenvalue weighted by molar-refractivity contribution is 5.72. The molecule has 0 N–H and O–H groups in total. The van der Waals surface area contributed by atoms with Crippen LogP contribution in [0.15, 0.2) is 48.5 Å². The number of aryl methyl sites for hydroxylation is 1. The summed E-state index contributed by atoms with van der Waals surface area (Å²) in [5, 5.41) is 0. The van der Waals surface area contributed by atoms with Gasteiger partial charge in [-0.25, -0.2) is 0 Å². The minimum Gasteiger partial charge on any atom is -0.489 e. The van der Waals surface area contributed by atoms with Gasteiger partial charge in [-0.3, -0.25) is 4.79 Å². The van der Waals surface area contributed by atoms with E-state index >= 15 is 0 Å². The maximum atomic E-state index is 11.3. The Morgan fingerprint density at radius 1 is 1.05 bits per heavy atom. The van der Waals surface area contributed by atoms with Crippen LogP contribution in [-0.4, -0.2) is 13.1 Å². The topological polar surface area (TPSA) is 35.5 Å². The number of carbonyl (C=O) groups excluding carboxylic acids is 1. The highest BCUT2D eigenvalue weighted by Crippen LogP contribution is 2.19. The first-order valence-electron chi connectivity index (χ1n) is 6.51. The van der Waals surface area contributed by atoms with E-state index in [1.54, 1.807) is 0 Å². The van der Waals surface area contributed by atoms with Crippen LogP contribution in [0.25, 0.3) is 0 Å². The number of hydrogen-bond donors (Lipinski definition) is 0. The van der Waals surface area contributed by atoms with Crippen molar-refractivity contribution in [2.24, 2.45) is 0 Å². The molecular formula is C17H18O3. The lowest BCUT2D eigenvalue weighted by Gasteiger charge is -2.09. The van der Waals surface area contributed by atoms with Gasteiger partial charge in [0.25, 0.3) is 0 Å². The molecule has 3 nitrogen and oxygen atoms in total. The molecule has 0 aromatic heterocycles. The molecule has 0 amide bonds. The predicted octanol–water partition coefficient (Wildman–Crippen LogP) is 3.29. The highest BCUT2D eigenvalue weighted by Gasteiger charge is 2.06.